The lowest BCUT2D eigenvalue weighted by Crippen LogP contribution is -2.61. The molecular weight excluding hydrogens is 1000 g/mol. The average Bonchev–Trinajstić information content (AvgIpc) is 3.45. The van der Waals surface area contributed by atoms with Crippen LogP contribution in [0.4, 0.5) is 0 Å². The van der Waals surface area contributed by atoms with Gasteiger partial charge in [0.2, 0.25) is 5.91 Å². The van der Waals surface area contributed by atoms with E-state index in [1.807, 2.05) is 6.08 Å². The van der Waals surface area contributed by atoms with Crippen molar-refractivity contribution in [2.45, 2.75) is 288 Å². The van der Waals surface area contributed by atoms with E-state index in [2.05, 4.69) is 135 Å². The second-order valence-corrected chi connectivity index (χ2v) is 21.4. The third kappa shape index (κ3) is 42.8. The van der Waals surface area contributed by atoms with Gasteiger partial charge in [-0.2, -0.15) is 0 Å². The van der Waals surface area contributed by atoms with Gasteiger partial charge in [0.15, 0.2) is 12.4 Å². The first-order chi connectivity index (χ1) is 39.2. The van der Waals surface area contributed by atoms with Crippen LogP contribution in [0.2, 0.25) is 0 Å². The van der Waals surface area contributed by atoms with Crippen molar-refractivity contribution in [3.63, 3.8) is 0 Å². The Balaban J connectivity index is 2.71. The predicted molar refractivity (Wildman–Crippen MR) is 333 cm³/mol. The van der Waals surface area contributed by atoms with Gasteiger partial charge in [0.1, 0.15) is 24.4 Å². The molecule has 1 fully saturated rings. The first kappa shape index (κ1) is 74.1. The molecule has 0 spiro atoms. The van der Waals surface area contributed by atoms with Crippen molar-refractivity contribution < 1.29 is 49.3 Å². The van der Waals surface area contributed by atoms with Crippen LogP contribution >= 0.6 is 0 Å². The fourth-order valence-electron chi connectivity index (χ4n) is 9.07. The molecule has 1 heterocycles. The normalized spacial score (nSPS) is 19.6. The van der Waals surface area contributed by atoms with Gasteiger partial charge in [-0.25, -0.2) is 0 Å². The summed E-state index contributed by atoms with van der Waals surface area (Å²) in [5.41, 5.74) is 0. The van der Waals surface area contributed by atoms with Gasteiger partial charge in [-0.05, 0) is 116 Å². The maximum Gasteiger partial charge on any atom is 0.306 e. The molecule has 1 aliphatic heterocycles. The molecule has 8 atom stereocenters. The van der Waals surface area contributed by atoms with Crippen molar-refractivity contribution >= 4 is 11.9 Å². The maximum atomic E-state index is 13.4. The highest BCUT2D eigenvalue weighted by Crippen LogP contribution is 2.26. The lowest BCUT2D eigenvalue weighted by molar-refractivity contribution is -0.305. The van der Waals surface area contributed by atoms with Crippen molar-refractivity contribution in [1.29, 1.82) is 0 Å². The molecule has 6 N–H and O–H groups in total. The van der Waals surface area contributed by atoms with Crippen LogP contribution in [0.25, 0.3) is 0 Å². The Bertz CT molecular complexity index is 1760. The zero-order valence-electron chi connectivity index (χ0n) is 50.4. The summed E-state index contributed by atoms with van der Waals surface area (Å²) in [6.07, 6.45) is 66.6. The summed E-state index contributed by atoms with van der Waals surface area (Å²) in [6.45, 7) is 5.60. The highest BCUT2D eigenvalue weighted by Gasteiger charge is 2.47. The zero-order valence-corrected chi connectivity index (χ0v) is 50.4. The Morgan fingerprint density at radius 2 is 0.900 bits per heavy atom. The van der Waals surface area contributed by atoms with Gasteiger partial charge in [0.05, 0.1) is 25.4 Å². The quantitative estimate of drug-likeness (QED) is 0.0195. The Labute approximate surface area is 487 Å². The highest BCUT2D eigenvalue weighted by molar-refractivity contribution is 5.80. The minimum Gasteiger partial charge on any atom is -0.454 e. The van der Waals surface area contributed by atoms with Crippen LogP contribution < -0.4 is 5.32 Å². The van der Waals surface area contributed by atoms with E-state index in [0.29, 0.717) is 12.8 Å². The van der Waals surface area contributed by atoms with Crippen LogP contribution in [-0.2, 0) is 23.8 Å². The van der Waals surface area contributed by atoms with Crippen molar-refractivity contribution in [3.8, 4) is 0 Å². The van der Waals surface area contributed by atoms with Crippen molar-refractivity contribution in [2.75, 3.05) is 13.2 Å². The van der Waals surface area contributed by atoms with Gasteiger partial charge < -0.3 is 45.1 Å². The molecule has 8 unspecified atom stereocenters. The van der Waals surface area contributed by atoms with Crippen molar-refractivity contribution in [3.05, 3.63) is 122 Å². The Kier molecular flexibility index (Phi) is 51.5. The molecule has 1 amide bonds. The number of nitrogens with one attached hydrogen (secondary N) is 1. The van der Waals surface area contributed by atoms with Crippen LogP contribution in [0.3, 0.4) is 0 Å². The molecule has 80 heavy (non-hydrogen) atoms. The van der Waals surface area contributed by atoms with Gasteiger partial charge >= 0.3 is 5.97 Å². The van der Waals surface area contributed by atoms with E-state index >= 15 is 0 Å². The van der Waals surface area contributed by atoms with Crippen molar-refractivity contribution in [2.24, 2.45) is 0 Å². The summed E-state index contributed by atoms with van der Waals surface area (Å²) in [7, 11) is 0. The molecule has 1 saturated heterocycles. The van der Waals surface area contributed by atoms with E-state index in [0.717, 1.165) is 122 Å². The molecule has 1 rings (SSSR count). The SMILES string of the molecule is CC/C=C\C/C=C\C/C=C\C/C=C\C/C=C\CCCCC(O)C(=O)NC(COC1OC(CO)C(O)C(O)C1OC(=O)CCCCCCC/C=C\C/C=C\C/C=C\C/C=C\CCCCC)C(O)/C=C/CCCCCCCCCCCC. The molecule has 1 aliphatic rings. The number of allylic oxidation sites excluding steroid dienone is 19. The van der Waals surface area contributed by atoms with Crippen LogP contribution in [-0.4, -0.2) is 99.6 Å². The predicted octanol–water partition coefficient (Wildman–Crippen LogP) is 15.4. The van der Waals surface area contributed by atoms with E-state index in [-0.39, 0.29) is 19.4 Å². The van der Waals surface area contributed by atoms with Gasteiger partial charge in [-0.3, -0.25) is 9.59 Å². The van der Waals surface area contributed by atoms with Gasteiger partial charge in [0.25, 0.3) is 0 Å². The fraction of sp³-hybridized carbons (Fsp3) is 0.681. The Morgan fingerprint density at radius 3 is 1.38 bits per heavy atom. The molecule has 11 nitrogen and oxygen atoms in total. The second-order valence-electron chi connectivity index (χ2n) is 21.4. The van der Waals surface area contributed by atoms with Gasteiger partial charge in [0, 0.05) is 6.42 Å². The Morgan fingerprint density at radius 1 is 0.500 bits per heavy atom. The zero-order chi connectivity index (χ0) is 58.2. The van der Waals surface area contributed by atoms with Gasteiger partial charge in [-0.1, -0.05) is 239 Å². The maximum absolute atomic E-state index is 13.4. The third-order valence-electron chi connectivity index (χ3n) is 14.1. The highest BCUT2D eigenvalue weighted by atomic mass is 16.7. The van der Waals surface area contributed by atoms with E-state index in [1.165, 1.54) is 70.6 Å². The number of hydrogen-bond donors (Lipinski definition) is 6. The number of hydrogen-bond acceptors (Lipinski definition) is 10. The number of unbranched alkanes of at least 4 members (excludes halogenated alkanes) is 20. The lowest BCUT2D eigenvalue weighted by Gasteiger charge is -2.41. The number of amides is 1. The van der Waals surface area contributed by atoms with Gasteiger partial charge in [-0.15, -0.1) is 0 Å². The minimum absolute atomic E-state index is 0.0914. The summed E-state index contributed by atoms with van der Waals surface area (Å²) in [5, 5.41) is 57.0. The number of aliphatic hydroxyl groups is 5. The van der Waals surface area contributed by atoms with Crippen LogP contribution in [0, 0.1) is 0 Å². The summed E-state index contributed by atoms with van der Waals surface area (Å²) in [6, 6.07) is -1.05. The molecule has 0 aromatic carbocycles. The topological polar surface area (TPSA) is 175 Å². The minimum atomic E-state index is -1.64. The van der Waals surface area contributed by atoms with Crippen LogP contribution in [0.5, 0.6) is 0 Å². The van der Waals surface area contributed by atoms with Crippen LogP contribution in [0.1, 0.15) is 239 Å². The molecular formula is C69H115NO10. The summed E-state index contributed by atoms with van der Waals surface area (Å²) in [4.78, 5) is 26.6. The van der Waals surface area contributed by atoms with E-state index in [1.54, 1.807) is 6.08 Å². The van der Waals surface area contributed by atoms with Crippen molar-refractivity contribution in [1.82, 2.24) is 5.32 Å². The number of aliphatic hydroxyl groups excluding tert-OH is 5. The fourth-order valence-corrected chi connectivity index (χ4v) is 9.07. The molecule has 0 saturated carbocycles. The smallest absolute Gasteiger partial charge is 0.306 e. The van der Waals surface area contributed by atoms with E-state index in [9.17, 15) is 35.1 Å². The third-order valence-corrected chi connectivity index (χ3v) is 14.1. The largest absolute Gasteiger partial charge is 0.454 e. The lowest BCUT2D eigenvalue weighted by atomic mass is 9.99. The molecule has 0 bridgehead atoms. The molecule has 0 aromatic rings. The van der Waals surface area contributed by atoms with Crippen LogP contribution in [0.15, 0.2) is 122 Å². The average molecular weight is 1120 g/mol. The second kappa shape index (κ2) is 55.6. The summed E-state index contributed by atoms with van der Waals surface area (Å²) < 4.78 is 17.6. The number of esters is 1. The Hall–Kier alpha value is -3.94. The molecule has 456 valence electrons. The number of carbonyl (C=O) groups is 2. The van der Waals surface area contributed by atoms with E-state index < -0.39 is 67.4 Å². The summed E-state index contributed by atoms with van der Waals surface area (Å²) in [5.74, 6) is -1.26. The molecule has 0 aromatic heterocycles. The molecule has 11 heteroatoms. The standard InChI is InChI=1S/C69H115NO10/c1-4-7-10-13-16-19-22-25-27-29-31-32-33-35-37-39-42-45-48-51-54-57-64(74)80-67-66(76)65(75)63(58-71)79-69(67)78-59-60(61(72)55-52-49-46-43-40-24-21-18-15-12-9-6-3)70-68(77)62(73)56-53-50-47-44-41-38-36-34-30-28-26-23-20-17-14-11-8-5-2/h8,11,16-17,19-20,25-28,31-32,34-37,41,44,52,55,60-63,65-67,69,71-73,75-76H,4-7,9-10,12-15,18,21-24,29-30,33,38-40,42-43,45-51,53-54,56-59H2,1-3H3,(H,70,77)/b11-8-,19-16-,20-17-,27-25-,28-26-,32-31-,36-34-,37-35-,44-41-,55-52+. The first-order valence-corrected chi connectivity index (χ1v) is 31.8. The molecule has 0 aliphatic carbocycles. The summed E-state index contributed by atoms with van der Waals surface area (Å²) >= 11 is 0. The first-order valence-electron chi connectivity index (χ1n) is 31.8. The number of rotatable bonds is 52. The number of ether oxygens (including phenoxy) is 3. The van der Waals surface area contributed by atoms with E-state index in [4.69, 9.17) is 14.2 Å². The monoisotopic (exact) mass is 1120 g/mol. The number of carbonyl (C=O) groups excluding carboxylic acids is 2. The molecule has 0 radical (unpaired) electrons.